The Bertz CT molecular complexity index is 857. The summed E-state index contributed by atoms with van der Waals surface area (Å²) in [7, 11) is 0. The molecule has 28 heavy (non-hydrogen) atoms. The van der Waals surface area contributed by atoms with E-state index in [0.717, 1.165) is 28.5 Å². The molecule has 0 unspecified atom stereocenters. The Hall–Kier alpha value is -2.31. The number of ether oxygens (including phenoxy) is 1. The van der Waals surface area contributed by atoms with E-state index in [4.69, 9.17) is 16.3 Å². The second-order valence-electron chi connectivity index (χ2n) is 6.41. The lowest BCUT2D eigenvalue weighted by atomic mass is 9.97. The summed E-state index contributed by atoms with van der Waals surface area (Å²) >= 11 is 6.91. The highest BCUT2D eigenvalue weighted by atomic mass is 35.5. The maximum absolute atomic E-state index is 12.4. The SMILES string of the molecule is Cc1cc(C)c(C(=O)COC(=O)CSCC(=O)Nc2ccc(Cl)cc2)c(C)c1. The standard InChI is InChI=1S/C21H22ClNO4S/c1-13-8-14(2)21(15(3)9-13)18(24)10-27-20(26)12-28-11-19(25)23-17-6-4-16(22)5-7-17/h4-9H,10-12H2,1-3H3,(H,23,25). The molecule has 148 valence electrons. The van der Waals surface area contributed by atoms with Crippen LogP contribution in [-0.4, -0.2) is 35.8 Å². The van der Waals surface area contributed by atoms with Crippen molar-refractivity contribution in [3.8, 4) is 0 Å². The van der Waals surface area contributed by atoms with Crippen LogP contribution in [0.15, 0.2) is 36.4 Å². The number of carbonyl (C=O) groups is 3. The van der Waals surface area contributed by atoms with Crippen molar-refractivity contribution in [1.82, 2.24) is 0 Å². The average molecular weight is 420 g/mol. The van der Waals surface area contributed by atoms with E-state index in [1.54, 1.807) is 24.3 Å². The smallest absolute Gasteiger partial charge is 0.316 e. The molecule has 2 rings (SSSR count). The molecule has 0 aromatic heterocycles. The number of rotatable bonds is 8. The summed E-state index contributed by atoms with van der Waals surface area (Å²) in [6.45, 7) is 5.39. The Morgan fingerprint density at radius 3 is 2.21 bits per heavy atom. The number of aryl methyl sites for hydroxylation is 3. The van der Waals surface area contributed by atoms with Crippen molar-refractivity contribution in [3.05, 3.63) is 63.7 Å². The molecule has 0 aliphatic heterocycles. The molecule has 0 atom stereocenters. The average Bonchev–Trinajstić information content (AvgIpc) is 2.61. The molecule has 0 saturated carbocycles. The Morgan fingerprint density at radius 1 is 1.00 bits per heavy atom. The summed E-state index contributed by atoms with van der Waals surface area (Å²) in [5.41, 5.74) is 4.04. The van der Waals surface area contributed by atoms with Gasteiger partial charge in [0.15, 0.2) is 6.61 Å². The van der Waals surface area contributed by atoms with Crippen LogP contribution >= 0.6 is 23.4 Å². The van der Waals surface area contributed by atoms with Gasteiger partial charge in [-0.25, -0.2) is 0 Å². The van der Waals surface area contributed by atoms with Gasteiger partial charge in [0.2, 0.25) is 11.7 Å². The number of thioether (sulfide) groups is 1. The predicted molar refractivity (Wildman–Crippen MR) is 113 cm³/mol. The Kier molecular flexibility index (Phi) is 8.08. The van der Waals surface area contributed by atoms with Gasteiger partial charge in [-0.2, -0.15) is 0 Å². The number of benzene rings is 2. The lowest BCUT2D eigenvalue weighted by Crippen LogP contribution is -2.19. The summed E-state index contributed by atoms with van der Waals surface area (Å²) in [4.78, 5) is 36.1. The molecule has 0 aliphatic carbocycles. The van der Waals surface area contributed by atoms with E-state index < -0.39 is 5.97 Å². The fourth-order valence-electron chi connectivity index (χ4n) is 2.84. The van der Waals surface area contributed by atoms with Crippen LogP contribution in [0.5, 0.6) is 0 Å². The zero-order valence-corrected chi connectivity index (χ0v) is 17.6. The molecule has 0 bridgehead atoms. The Labute approximate surface area is 173 Å². The molecular formula is C21H22ClNO4S. The van der Waals surface area contributed by atoms with Crippen LogP contribution in [0, 0.1) is 20.8 Å². The molecule has 0 heterocycles. The fraction of sp³-hybridized carbons (Fsp3) is 0.286. The zero-order valence-electron chi connectivity index (χ0n) is 16.0. The number of nitrogens with one attached hydrogen (secondary N) is 1. The molecule has 7 heteroatoms. The van der Waals surface area contributed by atoms with Crippen LogP contribution in [0.2, 0.25) is 5.02 Å². The Morgan fingerprint density at radius 2 is 1.61 bits per heavy atom. The monoisotopic (exact) mass is 419 g/mol. The molecule has 0 fully saturated rings. The van der Waals surface area contributed by atoms with Gasteiger partial charge in [-0.15, -0.1) is 11.8 Å². The second kappa shape index (κ2) is 10.3. The predicted octanol–water partition coefficient (Wildman–Crippen LogP) is 4.36. The molecule has 0 radical (unpaired) electrons. The number of carbonyl (C=O) groups excluding carboxylic acids is 3. The number of amides is 1. The van der Waals surface area contributed by atoms with Crippen molar-refractivity contribution in [3.63, 3.8) is 0 Å². The van der Waals surface area contributed by atoms with Gasteiger partial charge in [-0.1, -0.05) is 29.3 Å². The molecule has 0 aliphatic rings. The number of hydrogen-bond donors (Lipinski definition) is 1. The van der Waals surface area contributed by atoms with E-state index in [9.17, 15) is 14.4 Å². The number of Topliss-reactive ketones (excluding diaryl/α,β-unsaturated/α-hetero) is 1. The molecule has 0 spiro atoms. The number of anilines is 1. The van der Waals surface area contributed by atoms with E-state index in [0.29, 0.717) is 16.3 Å². The first-order valence-corrected chi connectivity index (χ1v) is 10.2. The summed E-state index contributed by atoms with van der Waals surface area (Å²) < 4.78 is 5.06. The van der Waals surface area contributed by atoms with Crippen LogP contribution in [-0.2, 0) is 14.3 Å². The highest BCUT2D eigenvalue weighted by Crippen LogP contribution is 2.17. The van der Waals surface area contributed by atoms with Crippen molar-refractivity contribution in [2.75, 3.05) is 23.4 Å². The molecule has 2 aromatic carbocycles. The minimum absolute atomic E-state index is 0.00677. The number of hydrogen-bond acceptors (Lipinski definition) is 5. The van der Waals surface area contributed by atoms with Crippen LogP contribution in [0.25, 0.3) is 0 Å². The van der Waals surface area contributed by atoms with Gasteiger partial charge in [-0.3, -0.25) is 14.4 Å². The third kappa shape index (κ3) is 6.69. The normalized spacial score (nSPS) is 10.4. The quantitative estimate of drug-likeness (QED) is 0.508. The summed E-state index contributed by atoms with van der Waals surface area (Å²) in [5.74, 6) is -0.898. The van der Waals surface area contributed by atoms with Gasteiger partial charge in [0.25, 0.3) is 0 Å². The van der Waals surface area contributed by atoms with Crippen LogP contribution in [0.4, 0.5) is 5.69 Å². The van der Waals surface area contributed by atoms with Gasteiger partial charge in [-0.05, 0) is 56.2 Å². The summed E-state index contributed by atoms with van der Waals surface area (Å²) in [5, 5.41) is 3.29. The Balaban J connectivity index is 1.73. The van der Waals surface area contributed by atoms with Gasteiger partial charge < -0.3 is 10.1 Å². The van der Waals surface area contributed by atoms with Crippen LogP contribution < -0.4 is 5.32 Å². The third-order valence-electron chi connectivity index (χ3n) is 3.90. The van der Waals surface area contributed by atoms with E-state index in [2.05, 4.69) is 5.32 Å². The maximum Gasteiger partial charge on any atom is 0.316 e. The molecule has 1 amide bonds. The van der Waals surface area contributed by atoms with Gasteiger partial charge in [0, 0.05) is 16.3 Å². The highest BCUT2D eigenvalue weighted by molar-refractivity contribution is 8.00. The van der Waals surface area contributed by atoms with Crippen molar-refractivity contribution in [2.45, 2.75) is 20.8 Å². The van der Waals surface area contributed by atoms with Crippen molar-refractivity contribution >= 4 is 46.7 Å². The van der Waals surface area contributed by atoms with Gasteiger partial charge in [0.1, 0.15) is 0 Å². The lowest BCUT2D eigenvalue weighted by molar-refractivity contribution is -0.139. The fourth-order valence-corrected chi connectivity index (χ4v) is 3.57. The highest BCUT2D eigenvalue weighted by Gasteiger charge is 2.15. The third-order valence-corrected chi connectivity index (χ3v) is 5.06. The van der Waals surface area contributed by atoms with Crippen molar-refractivity contribution in [1.29, 1.82) is 0 Å². The number of ketones is 1. The van der Waals surface area contributed by atoms with E-state index in [1.165, 1.54) is 0 Å². The van der Waals surface area contributed by atoms with E-state index in [-0.39, 0.29) is 29.8 Å². The van der Waals surface area contributed by atoms with E-state index in [1.807, 2.05) is 32.9 Å². The molecule has 5 nitrogen and oxygen atoms in total. The first-order chi connectivity index (χ1) is 13.3. The zero-order chi connectivity index (χ0) is 20.7. The van der Waals surface area contributed by atoms with Gasteiger partial charge in [0.05, 0.1) is 11.5 Å². The topological polar surface area (TPSA) is 72.5 Å². The first kappa shape index (κ1) is 22.0. The lowest BCUT2D eigenvalue weighted by Gasteiger charge is -2.11. The van der Waals surface area contributed by atoms with E-state index >= 15 is 0 Å². The van der Waals surface area contributed by atoms with Crippen LogP contribution in [0.3, 0.4) is 0 Å². The largest absolute Gasteiger partial charge is 0.457 e. The summed E-state index contributed by atoms with van der Waals surface area (Å²) in [6.07, 6.45) is 0. The number of esters is 1. The molecule has 0 saturated heterocycles. The minimum atomic E-state index is -0.528. The first-order valence-electron chi connectivity index (χ1n) is 8.66. The van der Waals surface area contributed by atoms with Gasteiger partial charge >= 0.3 is 5.97 Å². The summed E-state index contributed by atoms with van der Waals surface area (Å²) in [6, 6.07) is 10.6. The van der Waals surface area contributed by atoms with Crippen molar-refractivity contribution in [2.24, 2.45) is 0 Å². The van der Waals surface area contributed by atoms with Crippen LogP contribution in [0.1, 0.15) is 27.0 Å². The second-order valence-corrected chi connectivity index (χ2v) is 7.83. The van der Waals surface area contributed by atoms with Crippen molar-refractivity contribution < 1.29 is 19.1 Å². The molecular weight excluding hydrogens is 398 g/mol. The number of halogens is 1. The minimum Gasteiger partial charge on any atom is -0.457 e. The maximum atomic E-state index is 12.4. The molecule has 1 N–H and O–H groups in total. The molecule has 2 aromatic rings.